The van der Waals surface area contributed by atoms with E-state index in [9.17, 15) is 0 Å². The maximum absolute atomic E-state index is 4.73. The number of rotatable bonds is 3. The number of aromatic nitrogens is 4. The molecule has 1 aliphatic rings. The van der Waals surface area contributed by atoms with Crippen LogP contribution in [0.3, 0.4) is 0 Å². The van der Waals surface area contributed by atoms with Crippen molar-refractivity contribution in [3.63, 3.8) is 0 Å². The van der Waals surface area contributed by atoms with Crippen molar-refractivity contribution in [1.29, 1.82) is 0 Å². The minimum absolute atomic E-state index is 0.578. The molecule has 1 saturated carbocycles. The van der Waals surface area contributed by atoms with Crippen molar-refractivity contribution in [1.82, 2.24) is 19.5 Å². The van der Waals surface area contributed by atoms with Crippen molar-refractivity contribution in [2.24, 2.45) is 7.05 Å². The van der Waals surface area contributed by atoms with E-state index < -0.39 is 0 Å². The van der Waals surface area contributed by atoms with Crippen molar-refractivity contribution >= 4 is 5.82 Å². The Morgan fingerprint density at radius 1 is 1.26 bits per heavy atom. The Morgan fingerprint density at radius 2 is 2.05 bits per heavy atom. The maximum Gasteiger partial charge on any atom is 0.198 e. The molecule has 0 amide bonds. The minimum Gasteiger partial charge on any atom is -0.373 e. The molecule has 0 unspecified atom stereocenters. The van der Waals surface area contributed by atoms with Crippen LogP contribution in [0.25, 0.3) is 11.6 Å². The SMILES string of the molecule is CNc1cc(C2CCCC2)nc(-c2nccn2C)n1. The monoisotopic (exact) mass is 257 g/mol. The van der Waals surface area contributed by atoms with Gasteiger partial charge in [0.15, 0.2) is 11.6 Å². The smallest absolute Gasteiger partial charge is 0.198 e. The summed E-state index contributed by atoms with van der Waals surface area (Å²) in [6.45, 7) is 0. The molecule has 5 heteroatoms. The van der Waals surface area contributed by atoms with Gasteiger partial charge in [0.25, 0.3) is 0 Å². The Morgan fingerprint density at radius 3 is 2.68 bits per heavy atom. The highest BCUT2D eigenvalue weighted by atomic mass is 15.1. The van der Waals surface area contributed by atoms with Crippen LogP contribution in [-0.2, 0) is 7.05 Å². The number of nitrogens with one attached hydrogen (secondary N) is 1. The lowest BCUT2D eigenvalue weighted by Gasteiger charge is -2.12. The van der Waals surface area contributed by atoms with E-state index in [-0.39, 0.29) is 0 Å². The second-order valence-corrected chi connectivity index (χ2v) is 5.09. The zero-order valence-electron chi connectivity index (χ0n) is 11.4. The van der Waals surface area contributed by atoms with Crippen molar-refractivity contribution in [3.8, 4) is 11.6 Å². The molecule has 0 spiro atoms. The normalized spacial score (nSPS) is 15.9. The number of anilines is 1. The molecule has 1 aliphatic carbocycles. The van der Waals surface area contributed by atoms with Crippen molar-refractivity contribution in [3.05, 3.63) is 24.2 Å². The Bertz CT molecular complexity index is 569. The van der Waals surface area contributed by atoms with E-state index in [1.165, 1.54) is 25.7 Å². The van der Waals surface area contributed by atoms with Gasteiger partial charge in [-0.25, -0.2) is 15.0 Å². The van der Waals surface area contributed by atoms with Gasteiger partial charge in [0.05, 0.1) is 0 Å². The van der Waals surface area contributed by atoms with Gasteiger partial charge in [-0.3, -0.25) is 0 Å². The Labute approximate surface area is 113 Å². The van der Waals surface area contributed by atoms with E-state index in [0.717, 1.165) is 17.3 Å². The van der Waals surface area contributed by atoms with Crippen LogP contribution in [0.15, 0.2) is 18.5 Å². The zero-order chi connectivity index (χ0) is 13.2. The highest BCUT2D eigenvalue weighted by Gasteiger charge is 2.20. The van der Waals surface area contributed by atoms with Crippen LogP contribution in [0.1, 0.15) is 37.3 Å². The van der Waals surface area contributed by atoms with Gasteiger partial charge < -0.3 is 9.88 Å². The van der Waals surface area contributed by atoms with Crippen molar-refractivity contribution in [2.75, 3.05) is 12.4 Å². The number of nitrogens with zero attached hydrogens (tertiary/aromatic N) is 4. The second kappa shape index (κ2) is 4.99. The molecule has 3 rings (SSSR count). The fraction of sp³-hybridized carbons (Fsp3) is 0.500. The van der Waals surface area contributed by atoms with Crippen LogP contribution >= 0.6 is 0 Å². The molecule has 1 fully saturated rings. The lowest BCUT2D eigenvalue weighted by molar-refractivity contribution is 0.694. The van der Waals surface area contributed by atoms with Crippen LogP contribution in [0.5, 0.6) is 0 Å². The summed E-state index contributed by atoms with van der Waals surface area (Å²) in [7, 11) is 3.86. The summed E-state index contributed by atoms with van der Waals surface area (Å²) in [6, 6.07) is 2.07. The first-order valence-electron chi connectivity index (χ1n) is 6.82. The van der Waals surface area contributed by atoms with Crippen molar-refractivity contribution in [2.45, 2.75) is 31.6 Å². The molecule has 0 radical (unpaired) electrons. The summed E-state index contributed by atoms with van der Waals surface area (Å²) in [5, 5.41) is 3.12. The summed E-state index contributed by atoms with van der Waals surface area (Å²) in [5.41, 5.74) is 1.15. The third-order valence-corrected chi connectivity index (χ3v) is 3.80. The van der Waals surface area contributed by atoms with E-state index in [1.807, 2.05) is 24.9 Å². The molecule has 100 valence electrons. The minimum atomic E-state index is 0.578. The molecule has 1 N–H and O–H groups in total. The fourth-order valence-electron chi connectivity index (χ4n) is 2.71. The second-order valence-electron chi connectivity index (χ2n) is 5.09. The van der Waals surface area contributed by atoms with Crippen molar-refractivity contribution < 1.29 is 0 Å². The summed E-state index contributed by atoms with van der Waals surface area (Å²) in [4.78, 5) is 13.6. The maximum atomic E-state index is 4.73. The average Bonchev–Trinajstić information content (AvgIpc) is 3.09. The number of imidazole rings is 1. The average molecular weight is 257 g/mol. The molecule has 0 aliphatic heterocycles. The van der Waals surface area contributed by atoms with Crippen LogP contribution in [0.4, 0.5) is 5.82 Å². The number of aryl methyl sites for hydroxylation is 1. The van der Waals surface area contributed by atoms with E-state index >= 15 is 0 Å². The van der Waals surface area contributed by atoms with Gasteiger partial charge >= 0.3 is 0 Å². The van der Waals surface area contributed by atoms with E-state index in [0.29, 0.717) is 11.7 Å². The largest absolute Gasteiger partial charge is 0.373 e. The summed E-state index contributed by atoms with van der Waals surface area (Å²) in [6.07, 6.45) is 8.78. The Balaban J connectivity index is 2.04. The van der Waals surface area contributed by atoms with Gasteiger partial charge in [0.1, 0.15) is 5.82 Å². The van der Waals surface area contributed by atoms with Crippen LogP contribution in [0, 0.1) is 0 Å². The first-order valence-corrected chi connectivity index (χ1v) is 6.82. The third kappa shape index (κ3) is 2.32. The molecule has 2 aromatic heterocycles. The fourth-order valence-corrected chi connectivity index (χ4v) is 2.71. The molecule has 0 aromatic carbocycles. The number of hydrogen-bond acceptors (Lipinski definition) is 4. The topological polar surface area (TPSA) is 55.6 Å². The van der Waals surface area contributed by atoms with Crippen LogP contribution < -0.4 is 5.32 Å². The van der Waals surface area contributed by atoms with E-state index in [4.69, 9.17) is 4.98 Å². The first kappa shape index (κ1) is 12.1. The lowest BCUT2D eigenvalue weighted by Crippen LogP contribution is -2.06. The third-order valence-electron chi connectivity index (χ3n) is 3.80. The van der Waals surface area contributed by atoms with Gasteiger partial charge in [-0.1, -0.05) is 12.8 Å². The predicted molar refractivity (Wildman–Crippen MR) is 75.0 cm³/mol. The van der Waals surface area contributed by atoms with E-state index in [2.05, 4.69) is 21.4 Å². The zero-order valence-corrected chi connectivity index (χ0v) is 11.4. The summed E-state index contributed by atoms with van der Waals surface area (Å²) < 4.78 is 1.95. The molecule has 5 nitrogen and oxygen atoms in total. The standard InChI is InChI=1S/C14H19N5/c1-15-12-9-11(10-5-3-4-6-10)17-13(18-12)14-16-7-8-19(14)2/h7-10H,3-6H2,1-2H3,(H,15,17,18). The number of hydrogen-bond donors (Lipinski definition) is 1. The molecule has 2 aromatic rings. The molecule has 0 saturated heterocycles. The van der Waals surface area contributed by atoms with Gasteiger partial charge in [-0.2, -0.15) is 0 Å². The Kier molecular flexibility index (Phi) is 3.19. The highest BCUT2D eigenvalue weighted by molar-refractivity contribution is 5.50. The molecule has 2 heterocycles. The molecule has 0 bridgehead atoms. The van der Waals surface area contributed by atoms with E-state index in [1.54, 1.807) is 6.20 Å². The highest BCUT2D eigenvalue weighted by Crippen LogP contribution is 2.34. The Hall–Kier alpha value is -1.91. The van der Waals surface area contributed by atoms with Gasteiger partial charge in [0, 0.05) is 44.2 Å². The predicted octanol–water partition coefficient (Wildman–Crippen LogP) is 2.58. The van der Waals surface area contributed by atoms with Crippen LogP contribution in [0.2, 0.25) is 0 Å². The van der Waals surface area contributed by atoms with Crippen LogP contribution in [-0.4, -0.2) is 26.6 Å². The lowest BCUT2D eigenvalue weighted by atomic mass is 10.0. The van der Waals surface area contributed by atoms with Gasteiger partial charge in [-0.15, -0.1) is 0 Å². The molecular formula is C14H19N5. The molecule has 19 heavy (non-hydrogen) atoms. The summed E-state index contributed by atoms with van der Waals surface area (Å²) >= 11 is 0. The molecule has 0 atom stereocenters. The summed E-state index contributed by atoms with van der Waals surface area (Å²) in [5.74, 6) is 2.97. The van der Waals surface area contributed by atoms with Gasteiger partial charge in [0.2, 0.25) is 0 Å². The first-order chi connectivity index (χ1) is 9.28. The van der Waals surface area contributed by atoms with Gasteiger partial charge in [-0.05, 0) is 12.8 Å². The molecular weight excluding hydrogens is 238 g/mol. The quantitative estimate of drug-likeness (QED) is 0.918.